The van der Waals surface area contributed by atoms with Crippen molar-refractivity contribution < 1.29 is 9.21 Å². The van der Waals surface area contributed by atoms with E-state index >= 15 is 0 Å². The number of nitrogens with zero attached hydrogens (tertiary/aromatic N) is 1. The minimum atomic E-state index is -0.0498. The van der Waals surface area contributed by atoms with Gasteiger partial charge >= 0.3 is 0 Å². The van der Waals surface area contributed by atoms with Crippen molar-refractivity contribution in [3.05, 3.63) is 40.2 Å². The second-order valence-electron chi connectivity index (χ2n) is 4.35. The Hall–Kier alpha value is -1.62. The molecule has 0 aliphatic heterocycles. The number of carbonyl (C=O) groups excluding carboxylic acids is 1. The molecule has 0 bridgehead atoms. The largest absolute Gasteiger partial charge is 0.469 e. The number of amides is 1. The Kier molecular flexibility index (Phi) is 4.15. The minimum Gasteiger partial charge on any atom is -0.469 e. The molecule has 0 radical (unpaired) electrons. The third-order valence-corrected chi connectivity index (χ3v) is 3.38. The fourth-order valence-corrected chi connectivity index (χ4v) is 2.37. The van der Waals surface area contributed by atoms with Crippen LogP contribution in [0.15, 0.2) is 28.2 Å². The summed E-state index contributed by atoms with van der Waals surface area (Å²) >= 11 is 1.58. The van der Waals surface area contributed by atoms with E-state index in [2.05, 4.69) is 24.1 Å². The van der Waals surface area contributed by atoms with E-state index in [1.54, 1.807) is 29.7 Å². The van der Waals surface area contributed by atoms with E-state index in [1.807, 2.05) is 5.38 Å². The van der Waals surface area contributed by atoms with E-state index in [0.29, 0.717) is 18.2 Å². The van der Waals surface area contributed by atoms with Crippen LogP contribution < -0.4 is 5.32 Å². The lowest BCUT2D eigenvalue weighted by molar-refractivity contribution is -0.120. The van der Waals surface area contributed by atoms with E-state index in [-0.39, 0.29) is 12.3 Å². The topological polar surface area (TPSA) is 55.1 Å². The quantitative estimate of drug-likeness (QED) is 0.903. The third-order valence-electron chi connectivity index (χ3n) is 2.51. The second kappa shape index (κ2) is 5.82. The molecule has 1 amide bonds. The van der Waals surface area contributed by atoms with Gasteiger partial charge < -0.3 is 9.73 Å². The Morgan fingerprint density at radius 2 is 2.39 bits per heavy atom. The molecule has 1 N–H and O–H groups in total. The molecule has 0 unspecified atom stereocenters. The average molecular weight is 264 g/mol. The summed E-state index contributed by atoms with van der Waals surface area (Å²) in [6.07, 6.45) is 1.84. The van der Waals surface area contributed by atoms with Crippen LogP contribution in [0.3, 0.4) is 0 Å². The minimum absolute atomic E-state index is 0.0498. The Balaban J connectivity index is 1.81. The fraction of sp³-hybridized carbons (Fsp3) is 0.385. The molecule has 18 heavy (non-hydrogen) atoms. The second-order valence-corrected chi connectivity index (χ2v) is 5.30. The summed E-state index contributed by atoms with van der Waals surface area (Å²) in [4.78, 5) is 16.1. The number of carbonyl (C=O) groups is 1. The van der Waals surface area contributed by atoms with Crippen molar-refractivity contribution >= 4 is 17.2 Å². The highest BCUT2D eigenvalue weighted by Gasteiger charge is 2.08. The molecule has 2 heterocycles. The normalized spacial score (nSPS) is 10.8. The molecule has 0 saturated carbocycles. The van der Waals surface area contributed by atoms with Gasteiger partial charge in [0.1, 0.15) is 10.8 Å². The Morgan fingerprint density at radius 1 is 1.56 bits per heavy atom. The van der Waals surface area contributed by atoms with Gasteiger partial charge in [-0.15, -0.1) is 11.3 Å². The Bertz CT molecular complexity index is 503. The van der Waals surface area contributed by atoms with Crippen LogP contribution in [0.5, 0.6) is 0 Å². The lowest BCUT2D eigenvalue weighted by Crippen LogP contribution is -2.24. The highest BCUT2D eigenvalue weighted by atomic mass is 32.1. The van der Waals surface area contributed by atoms with Gasteiger partial charge in [-0.1, -0.05) is 13.8 Å². The van der Waals surface area contributed by atoms with E-state index in [4.69, 9.17) is 4.42 Å². The van der Waals surface area contributed by atoms with Crippen molar-refractivity contribution in [2.75, 3.05) is 0 Å². The molecule has 0 fully saturated rings. The van der Waals surface area contributed by atoms with Crippen molar-refractivity contribution in [3.8, 4) is 0 Å². The first kappa shape index (κ1) is 12.8. The van der Waals surface area contributed by atoms with Crippen LogP contribution in [-0.2, 0) is 17.8 Å². The predicted molar refractivity (Wildman–Crippen MR) is 70.5 cm³/mol. The molecule has 2 aromatic heterocycles. The van der Waals surface area contributed by atoms with Crippen molar-refractivity contribution in [3.63, 3.8) is 0 Å². The highest BCUT2D eigenvalue weighted by molar-refractivity contribution is 7.09. The van der Waals surface area contributed by atoms with Crippen LogP contribution >= 0.6 is 11.3 Å². The molecule has 0 aliphatic carbocycles. The van der Waals surface area contributed by atoms with Gasteiger partial charge in [-0.05, 0) is 18.1 Å². The zero-order valence-corrected chi connectivity index (χ0v) is 11.3. The van der Waals surface area contributed by atoms with E-state index in [1.165, 1.54) is 0 Å². The maximum absolute atomic E-state index is 11.6. The number of nitrogens with one attached hydrogen (secondary N) is 1. The highest BCUT2D eigenvalue weighted by Crippen LogP contribution is 2.17. The van der Waals surface area contributed by atoms with Crippen LogP contribution in [-0.4, -0.2) is 10.9 Å². The monoisotopic (exact) mass is 264 g/mol. The first-order valence-electron chi connectivity index (χ1n) is 5.88. The third kappa shape index (κ3) is 3.43. The molecule has 5 heteroatoms. The zero-order chi connectivity index (χ0) is 13.0. The van der Waals surface area contributed by atoms with Crippen LogP contribution in [0.2, 0.25) is 0 Å². The molecule has 96 valence electrons. The number of hydrogen-bond donors (Lipinski definition) is 1. The molecule has 0 aromatic carbocycles. The smallest absolute Gasteiger partial charge is 0.227 e. The zero-order valence-electron chi connectivity index (χ0n) is 10.5. The number of hydrogen-bond acceptors (Lipinski definition) is 4. The van der Waals surface area contributed by atoms with E-state index in [9.17, 15) is 4.79 Å². The maximum Gasteiger partial charge on any atom is 0.227 e. The molecule has 0 atom stereocenters. The summed E-state index contributed by atoms with van der Waals surface area (Å²) in [5.41, 5.74) is 1.08. The first-order chi connectivity index (χ1) is 8.65. The van der Waals surface area contributed by atoms with Crippen molar-refractivity contribution in [2.45, 2.75) is 32.7 Å². The van der Waals surface area contributed by atoms with Gasteiger partial charge in [0.2, 0.25) is 5.91 Å². The summed E-state index contributed by atoms with van der Waals surface area (Å²) in [6, 6.07) is 3.57. The van der Waals surface area contributed by atoms with Crippen LogP contribution in [0.4, 0.5) is 0 Å². The van der Waals surface area contributed by atoms with Gasteiger partial charge in [-0.2, -0.15) is 0 Å². The molecule has 0 spiro atoms. The van der Waals surface area contributed by atoms with Gasteiger partial charge in [0, 0.05) is 5.38 Å². The Morgan fingerprint density at radius 3 is 3.00 bits per heavy atom. The van der Waals surface area contributed by atoms with Gasteiger partial charge in [0.25, 0.3) is 0 Å². The average Bonchev–Trinajstić information content (AvgIpc) is 2.96. The summed E-state index contributed by atoms with van der Waals surface area (Å²) in [5.74, 6) is 1.05. The summed E-state index contributed by atoms with van der Waals surface area (Å²) < 4.78 is 5.12. The van der Waals surface area contributed by atoms with Crippen LogP contribution in [0.25, 0.3) is 0 Å². The van der Waals surface area contributed by atoms with E-state index < -0.39 is 0 Å². The standard InChI is InChI=1S/C13H16N2O2S/c1-9(2)11-8-18-13(15-11)7-14-12(16)6-10-4-3-5-17-10/h3-5,8-9H,6-7H2,1-2H3,(H,14,16). The molecule has 0 aliphatic rings. The van der Waals surface area contributed by atoms with Gasteiger partial charge in [0.15, 0.2) is 0 Å². The van der Waals surface area contributed by atoms with Crippen molar-refractivity contribution in [2.24, 2.45) is 0 Å². The number of thiazole rings is 1. The number of furan rings is 1. The Labute approximate surface area is 110 Å². The SMILES string of the molecule is CC(C)c1csc(CNC(=O)Cc2ccco2)n1. The van der Waals surface area contributed by atoms with Gasteiger partial charge in [-0.3, -0.25) is 4.79 Å². The molecule has 2 aromatic rings. The summed E-state index contributed by atoms with van der Waals surface area (Å²) in [7, 11) is 0. The van der Waals surface area contributed by atoms with Gasteiger partial charge in [0.05, 0.1) is 24.9 Å². The lowest BCUT2D eigenvalue weighted by atomic mass is 10.2. The van der Waals surface area contributed by atoms with Crippen LogP contribution in [0, 0.1) is 0 Å². The van der Waals surface area contributed by atoms with Crippen molar-refractivity contribution in [1.82, 2.24) is 10.3 Å². The molecule has 4 nitrogen and oxygen atoms in total. The fourth-order valence-electron chi connectivity index (χ4n) is 1.48. The van der Waals surface area contributed by atoms with Crippen LogP contribution in [0.1, 0.15) is 36.2 Å². The molecule has 0 saturated heterocycles. The first-order valence-corrected chi connectivity index (χ1v) is 6.76. The number of rotatable bonds is 5. The van der Waals surface area contributed by atoms with Gasteiger partial charge in [-0.25, -0.2) is 4.98 Å². The summed E-state index contributed by atoms with van der Waals surface area (Å²) in [5, 5.41) is 5.82. The predicted octanol–water partition coefficient (Wildman–Crippen LogP) is 2.72. The molecule has 2 rings (SSSR count). The van der Waals surface area contributed by atoms with E-state index in [0.717, 1.165) is 10.7 Å². The van der Waals surface area contributed by atoms with Crippen molar-refractivity contribution in [1.29, 1.82) is 0 Å². The molecular weight excluding hydrogens is 248 g/mol. The lowest BCUT2D eigenvalue weighted by Gasteiger charge is -2.01. The number of aromatic nitrogens is 1. The maximum atomic E-state index is 11.6. The molecular formula is C13H16N2O2S. The summed E-state index contributed by atoms with van der Waals surface area (Å²) in [6.45, 7) is 4.69.